The normalized spacial score (nSPS) is 19.0. The summed E-state index contributed by atoms with van der Waals surface area (Å²) in [7, 11) is 1.42. The number of nitrogens with one attached hydrogen (secondary N) is 2. The van der Waals surface area contributed by atoms with Gasteiger partial charge in [0.2, 0.25) is 0 Å². The minimum Gasteiger partial charge on any atom is -0.433 e. The van der Waals surface area contributed by atoms with Crippen LogP contribution < -0.4 is 10.6 Å². The zero-order valence-corrected chi connectivity index (χ0v) is 14.3. The van der Waals surface area contributed by atoms with Crippen molar-refractivity contribution in [2.24, 2.45) is 0 Å². The first-order valence-electron chi connectivity index (χ1n) is 6.81. The lowest BCUT2D eigenvalue weighted by Gasteiger charge is -2.29. The molecule has 0 bridgehead atoms. The molecule has 2 atom stereocenters. The third-order valence-electron chi connectivity index (χ3n) is 3.39. The molecule has 8 heteroatoms. The monoisotopic (exact) mass is 358 g/mol. The van der Waals surface area contributed by atoms with Gasteiger partial charge in [-0.05, 0) is 25.5 Å². The van der Waals surface area contributed by atoms with Crippen molar-refractivity contribution in [3.8, 4) is 0 Å². The maximum atomic E-state index is 12.4. The molecule has 0 radical (unpaired) electrons. The Morgan fingerprint density at radius 3 is 2.70 bits per heavy atom. The highest BCUT2D eigenvalue weighted by atomic mass is 35.5. The first-order valence-corrected chi connectivity index (χ1v) is 7.56. The van der Waals surface area contributed by atoms with E-state index in [4.69, 9.17) is 32.7 Å². The van der Waals surface area contributed by atoms with Crippen LogP contribution in [-0.2, 0) is 14.3 Å². The van der Waals surface area contributed by atoms with Gasteiger partial charge in [-0.15, -0.1) is 0 Å². The smallest absolute Gasteiger partial charge is 0.340 e. The van der Waals surface area contributed by atoms with E-state index in [0.717, 1.165) is 0 Å². The van der Waals surface area contributed by atoms with Crippen LogP contribution in [0.25, 0.3) is 0 Å². The molecule has 1 aliphatic heterocycles. The van der Waals surface area contributed by atoms with E-state index in [1.54, 1.807) is 32.0 Å². The Morgan fingerprint density at radius 1 is 1.35 bits per heavy atom. The Kier molecular flexibility index (Phi) is 5.51. The zero-order chi connectivity index (χ0) is 17.1. The van der Waals surface area contributed by atoms with Crippen LogP contribution in [0.3, 0.4) is 0 Å². The number of ether oxygens (including phenoxy) is 2. The number of benzene rings is 1. The minimum absolute atomic E-state index is 0.234. The van der Waals surface area contributed by atoms with E-state index in [9.17, 15) is 9.59 Å². The van der Waals surface area contributed by atoms with Crippen LogP contribution in [0.2, 0.25) is 10.0 Å². The number of hydrogen-bond donors (Lipinski definition) is 2. The van der Waals surface area contributed by atoms with Gasteiger partial charge in [0.1, 0.15) is 0 Å². The van der Waals surface area contributed by atoms with E-state index in [2.05, 4.69) is 10.6 Å². The predicted molar refractivity (Wildman–Crippen MR) is 86.1 cm³/mol. The second kappa shape index (κ2) is 7.21. The number of hydrogen-bond acceptors (Lipinski definition) is 4. The highest BCUT2D eigenvalue weighted by Crippen LogP contribution is 2.35. The first kappa shape index (κ1) is 17.6. The molecule has 0 aromatic heterocycles. The van der Waals surface area contributed by atoms with Crippen LogP contribution in [0.15, 0.2) is 29.5 Å². The number of methoxy groups -OCH3 is 1. The first-order chi connectivity index (χ1) is 10.8. The topological polar surface area (TPSA) is 76.7 Å². The fourth-order valence-electron chi connectivity index (χ4n) is 2.20. The molecule has 1 heterocycles. The Labute approximate surface area is 143 Å². The largest absolute Gasteiger partial charge is 0.433 e. The van der Waals surface area contributed by atoms with Gasteiger partial charge in [0.05, 0.1) is 21.7 Å². The SMILES string of the molecule is COC(C)OC(=O)C1=C(C)NC(=O)NC1c1cccc(Cl)c1Cl. The van der Waals surface area contributed by atoms with Crippen molar-refractivity contribution in [3.63, 3.8) is 0 Å². The van der Waals surface area contributed by atoms with Gasteiger partial charge in [0.25, 0.3) is 0 Å². The third-order valence-corrected chi connectivity index (χ3v) is 4.22. The van der Waals surface area contributed by atoms with Crippen LogP contribution in [0.4, 0.5) is 4.79 Å². The molecule has 6 nitrogen and oxygen atoms in total. The van der Waals surface area contributed by atoms with Gasteiger partial charge in [-0.1, -0.05) is 35.3 Å². The summed E-state index contributed by atoms with van der Waals surface area (Å²) in [5.41, 5.74) is 1.12. The second-order valence-electron chi connectivity index (χ2n) is 4.92. The molecule has 1 aromatic carbocycles. The average Bonchev–Trinajstić information content (AvgIpc) is 2.48. The molecule has 0 saturated heterocycles. The van der Waals surface area contributed by atoms with Gasteiger partial charge in [-0.2, -0.15) is 0 Å². The fraction of sp³-hybridized carbons (Fsp3) is 0.333. The Balaban J connectivity index is 2.46. The molecule has 23 heavy (non-hydrogen) atoms. The Morgan fingerprint density at radius 2 is 2.04 bits per heavy atom. The minimum atomic E-state index is -0.772. The van der Waals surface area contributed by atoms with E-state index in [0.29, 0.717) is 16.3 Å². The van der Waals surface area contributed by atoms with E-state index >= 15 is 0 Å². The number of allylic oxidation sites excluding steroid dienone is 1. The van der Waals surface area contributed by atoms with Crippen LogP contribution in [-0.4, -0.2) is 25.4 Å². The summed E-state index contributed by atoms with van der Waals surface area (Å²) < 4.78 is 10.1. The lowest BCUT2D eigenvalue weighted by molar-refractivity contribution is -0.165. The Hall–Kier alpha value is -1.76. The summed E-state index contributed by atoms with van der Waals surface area (Å²) in [6.45, 7) is 3.20. The molecular formula is C15H16Cl2N2O4. The van der Waals surface area contributed by atoms with Gasteiger partial charge in [-0.25, -0.2) is 9.59 Å². The summed E-state index contributed by atoms with van der Waals surface area (Å²) in [6.07, 6.45) is -0.726. The van der Waals surface area contributed by atoms with Crippen LogP contribution in [0, 0.1) is 0 Å². The van der Waals surface area contributed by atoms with Crippen molar-refractivity contribution in [2.75, 3.05) is 7.11 Å². The van der Waals surface area contributed by atoms with Crippen molar-refractivity contribution in [1.82, 2.24) is 10.6 Å². The van der Waals surface area contributed by atoms with Crippen molar-refractivity contribution in [1.29, 1.82) is 0 Å². The van der Waals surface area contributed by atoms with E-state index in [1.807, 2.05) is 0 Å². The average molecular weight is 359 g/mol. The molecule has 0 spiro atoms. The number of esters is 1. The van der Waals surface area contributed by atoms with E-state index in [1.165, 1.54) is 7.11 Å². The fourth-order valence-corrected chi connectivity index (χ4v) is 2.62. The van der Waals surface area contributed by atoms with Gasteiger partial charge in [0.15, 0.2) is 6.29 Å². The highest BCUT2D eigenvalue weighted by molar-refractivity contribution is 6.42. The zero-order valence-electron chi connectivity index (χ0n) is 12.8. The summed E-state index contributed by atoms with van der Waals surface area (Å²) in [6, 6.07) is 3.78. The summed E-state index contributed by atoms with van der Waals surface area (Å²) in [5.74, 6) is -0.620. The summed E-state index contributed by atoms with van der Waals surface area (Å²) in [5, 5.41) is 5.80. The van der Waals surface area contributed by atoms with Crippen LogP contribution >= 0.6 is 23.2 Å². The molecule has 2 amide bonds. The molecule has 0 aliphatic carbocycles. The van der Waals surface area contributed by atoms with Gasteiger partial charge in [-0.3, -0.25) is 0 Å². The molecule has 0 fully saturated rings. The van der Waals surface area contributed by atoms with Crippen LogP contribution in [0.1, 0.15) is 25.5 Å². The summed E-state index contributed by atoms with van der Waals surface area (Å²) >= 11 is 12.2. The van der Waals surface area contributed by atoms with E-state index in [-0.39, 0.29) is 10.6 Å². The third kappa shape index (κ3) is 3.77. The maximum absolute atomic E-state index is 12.4. The second-order valence-corrected chi connectivity index (χ2v) is 5.71. The van der Waals surface area contributed by atoms with Crippen molar-refractivity contribution < 1.29 is 19.1 Å². The molecular weight excluding hydrogens is 343 g/mol. The molecule has 2 unspecified atom stereocenters. The Bertz CT molecular complexity index is 675. The number of carbonyl (C=O) groups excluding carboxylic acids is 2. The predicted octanol–water partition coefficient (Wildman–Crippen LogP) is 3.16. The lowest BCUT2D eigenvalue weighted by atomic mass is 9.95. The molecule has 1 aromatic rings. The van der Waals surface area contributed by atoms with Crippen molar-refractivity contribution in [2.45, 2.75) is 26.2 Å². The lowest BCUT2D eigenvalue weighted by Crippen LogP contribution is -2.45. The highest BCUT2D eigenvalue weighted by Gasteiger charge is 2.34. The number of halogens is 2. The van der Waals surface area contributed by atoms with E-state index < -0.39 is 24.3 Å². The number of amides is 2. The number of carbonyl (C=O) groups is 2. The van der Waals surface area contributed by atoms with Gasteiger partial charge >= 0.3 is 12.0 Å². The molecule has 1 aliphatic rings. The van der Waals surface area contributed by atoms with Crippen LogP contribution in [0.5, 0.6) is 0 Å². The van der Waals surface area contributed by atoms with Crippen molar-refractivity contribution in [3.05, 3.63) is 45.1 Å². The van der Waals surface area contributed by atoms with Gasteiger partial charge in [0, 0.05) is 12.8 Å². The standard InChI is InChI=1S/C15H16Cl2N2O4/c1-7-11(14(20)23-8(2)22-3)13(19-15(21)18-7)9-5-4-6-10(16)12(9)17/h4-6,8,13H,1-3H3,(H2,18,19,21). The maximum Gasteiger partial charge on any atom is 0.340 e. The summed E-state index contributed by atoms with van der Waals surface area (Å²) in [4.78, 5) is 24.2. The number of urea groups is 1. The molecule has 2 rings (SSSR count). The van der Waals surface area contributed by atoms with Gasteiger partial charge < -0.3 is 20.1 Å². The molecule has 2 N–H and O–H groups in total. The number of rotatable bonds is 4. The quantitative estimate of drug-likeness (QED) is 0.640. The molecule has 124 valence electrons. The molecule has 0 saturated carbocycles. The van der Waals surface area contributed by atoms with Crippen molar-refractivity contribution >= 4 is 35.2 Å².